The second kappa shape index (κ2) is 7.30. The Kier molecular flexibility index (Phi) is 5.72. The highest BCUT2D eigenvalue weighted by Crippen LogP contribution is 2.24. The van der Waals surface area contributed by atoms with Gasteiger partial charge < -0.3 is 10.4 Å². The number of aliphatic carboxylic acids is 1. The van der Waals surface area contributed by atoms with E-state index in [9.17, 15) is 19.3 Å². The Labute approximate surface area is 109 Å². The number of nitro groups is 1. The van der Waals surface area contributed by atoms with Gasteiger partial charge in [-0.2, -0.15) is 0 Å². The van der Waals surface area contributed by atoms with E-state index >= 15 is 0 Å². The third kappa shape index (κ3) is 5.33. The molecule has 0 atom stereocenters. The highest BCUT2D eigenvalue weighted by Gasteiger charge is 2.14. The van der Waals surface area contributed by atoms with Gasteiger partial charge >= 0.3 is 5.97 Å². The standard InChI is InChI=1S/C12H15FN2O4/c13-9-5-6-10(11(8-9)15(18)19)14-7-3-1-2-4-12(16)17/h5-6,8,14H,1-4,7H2,(H,16,17). The summed E-state index contributed by atoms with van der Waals surface area (Å²) in [7, 11) is 0. The highest BCUT2D eigenvalue weighted by molar-refractivity contribution is 5.66. The summed E-state index contributed by atoms with van der Waals surface area (Å²) in [6.07, 6.45) is 2.11. The van der Waals surface area contributed by atoms with Gasteiger partial charge in [0.15, 0.2) is 0 Å². The molecular weight excluding hydrogens is 255 g/mol. The van der Waals surface area contributed by atoms with Crippen molar-refractivity contribution in [3.8, 4) is 0 Å². The first-order valence-electron chi connectivity index (χ1n) is 5.90. The van der Waals surface area contributed by atoms with E-state index < -0.39 is 16.7 Å². The predicted molar refractivity (Wildman–Crippen MR) is 67.6 cm³/mol. The first-order valence-corrected chi connectivity index (χ1v) is 5.90. The van der Waals surface area contributed by atoms with Crippen molar-refractivity contribution in [3.63, 3.8) is 0 Å². The number of halogens is 1. The lowest BCUT2D eigenvalue weighted by Gasteiger charge is -2.06. The molecule has 0 amide bonds. The fraction of sp³-hybridized carbons (Fsp3) is 0.417. The average molecular weight is 270 g/mol. The lowest BCUT2D eigenvalue weighted by Crippen LogP contribution is -2.05. The molecule has 2 N–H and O–H groups in total. The monoisotopic (exact) mass is 270 g/mol. The molecule has 0 aliphatic rings. The van der Waals surface area contributed by atoms with Crippen LogP contribution in [0.2, 0.25) is 0 Å². The largest absolute Gasteiger partial charge is 0.481 e. The van der Waals surface area contributed by atoms with E-state index in [1.165, 1.54) is 6.07 Å². The number of carbonyl (C=O) groups is 1. The molecule has 19 heavy (non-hydrogen) atoms. The molecule has 104 valence electrons. The molecule has 0 saturated carbocycles. The van der Waals surface area contributed by atoms with Crippen LogP contribution >= 0.6 is 0 Å². The van der Waals surface area contributed by atoms with Gasteiger partial charge in [0.2, 0.25) is 0 Å². The number of carboxylic acids is 1. The van der Waals surface area contributed by atoms with Crippen molar-refractivity contribution in [3.05, 3.63) is 34.1 Å². The van der Waals surface area contributed by atoms with Crippen molar-refractivity contribution >= 4 is 17.3 Å². The quantitative estimate of drug-likeness (QED) is 0.430. The number of anilines is 1. The molecular formula is C12H15FN2O4. The van der Waals surface area contributed by atoms with Gasteiger partial charge in [0.05, 0.1) is 11.0 Å². The summed E-state index contributed by atoms with van der Waals surface area (Å²) in [5.74, 6) is -1.49. The summed E-state index contributed by atoms with van der Waals surface area (Å²) < 4.78 is 12.9. The Morgan fingerprint density at radius 2 is 2.11 bits per heavy atom. The van der Waals surface area contributed by atoms with Gasteiger partial charge in [0.1, 0.15) is 11.5 Å². The predicted octanol–water partition coefficient (Wildman–Crippen LogP) is 2.79. The number of unbranched alkanes of at least 4 members (excludes halogenated alkanes) is 2. The number of nitrogens with zero attached hydrogens (tertiary/aromatic N) is 1. The molecule has 1 rings (SSSR count). The van der Waals surface area contributed by atoms with Gasteiger partial charge in [-0.1, -0.05) is 6.42 Å². The van der Waals surface area contributed by atoms with Crippen LogP contribution in [0.3, 0.4) is 0 Å². The van der Waals surface area contributed by atoms with Gasteiger partial charge in [0, 0.05) is 13.0 Å². The number of benzene rings is 1. The van der Waals surface area contributed by atoms with E-state index in [1.807, 2.05) is 0 Å². The minimum absolute atomic E-state index is 0.122. The molecule has 0 aliphatic heterocycles. The molecule has 0 aromatic heterocycles. The zero-order valence-corrected chi connectivity index (χ0v) is 10.3. The minimum Gasteiger partial charge on any atom is -0.481 e. The molecule has 6 nitrogen and oxygen atoms in total. The van der Waals surface area contributed by atoms with Crippen LogP contribution in [0.1, 0.15) is 25.7 Å². The van der Waals surface area contributed by atoms with Gasteiger partial charge in [-0.05, 0) is 25.0 Å². The van der Waals surface area contributed by atoms with Crippen molar-refractivity contribution in [1.82, 2.24) is 0 Å². The van der Waals surface area contributed by atoms with Crippen LogP contribution in [0.4, 0.5) is 15.8 Å². The van der Waals surface area contributed by atoms with Gasteiger partial charge in [-0.15, -0.1) is 0 Å². The molecule has 0 heterocycles. The zero-order valence-electron chi connectivity index (χ0n) is 10.3. The van der Waals surface area contributed by atoms with Crippen molar-refractivity contribution in [2.45, 2.75) is 25.7 Å². The summed E-state index contributed by atoms with van der Waals surface area (Å²) in [6.45, 7) is 0.478. The Morgan fingerprint density at radius 3 is 2.74 bits per heavy atom. The van der Waals surface area contributed by atoms with Crippen LogP contribution in [-0.4, -0.2) is 22.5 Å². The van der Waals surface area contributed by atoms with E-state index in [0.717, 1.165) is 12.1 Å². The second-order valence-electron chi connectivity index (χ2n) is 4.05. The zero-order chi connectivity index (χ0) is 14.3. The second-order valence-corrected chi connectivity index (χ2v) is 4.05. The first kappa shape index (κ1) is 14.9. The van der Waals surface area contributed by atoms with Crippen LogP contribution in [0, 0.1) is 15.9 Å². The number of hydrogen-bond acceptors (Lipinski definition) is 4. The van der Waals surface area contributed by atoms with Crippen LogP contribution in [0.15, 0.2) is 18.2 Å². The maximum Gasteiger partial charge on any atom is 0.303 e. The number of nitrogens with one attached hydrogen (secondary N) is 1. The van der Waals surface area contributed by atoms with E-state index in [2.05, 4.69) is 5.32 Å². The van der Waals surface area contributed by atoms with Gasteiger partial charge in [0.25, 0.3) is 5.69 Å². The maximum absolute atomic E-state index is 12.9. The molecule has 0 fully saturated rings. The molecule has 1 aromatic rings. The maximum atomic E-state index is 12.9. The summed E-state index contributed by atoms with van der Waals surface area (Å²) in [5.41, 5.74) is -0.0322. The molecule has 1 aromatic carbocycles. The van der Waals surface area contributed by atoms with Crippen LogP contribution in [0.5, 0.6) is 0 Å². The molecule has 7 heteroatoms. The Bertz CT molecular complexity index is 465. The van der Waals surface area contributed by atoms with Gasteiger partial charge in [-0.25, -0.2) is 4.39 Å². The van der Waals surface area contributed by atoms with E-state index in [-0.39, 0.29) is 17.8 Å². The topological polar surface area (TPSA) is 92.5 Å². The fourth-order valence-electron chi connectivity index (χ4n) is 1.61. The smallest absolute Gasteiger partial charge is 0.303 e. The van der Waals surface area contributed by atoms with Crippen molar-refractivity contribution in [2.24, 2.45) is 0 Å². The molecule has 0 saturated heterocycles. The summed E-state index contributed by atoms with van der Waals surface area (Å²) in [6, 6.07) is 3.34. The average Bonchev–Trinajstić information content (AvgIpc) is 2.34. The van der Waals surface area contributed by atoms with Crippen LogP contribution < -0.4 is 5.32 Å². The third-order valence-electron chi connectivity index (χ3n) is 2.54. The van der Waals surface area contributed by atoms with Gasteiger partial charge in [-0.3, -0.25) is 14.9 Å². The summed E-state index contributed by atoms with van der Waals surface area (Å²) in [4.78, 5) is 20.4. The third-order valence-corrected chi connectivity index (χ3v) is 2.54. The number of rotatable bonds is 8. The summed E-state index contributed by atoms with van der Waals surface area (Å²) >= 11 is 0. The number of hydrogen-bond donors (Lipinski definition) is 2. The highest BCUT2D eigenvalue weighted by atomic mass is 19.1. The van der Waals surface area contributed by atoms with E-state index in [1.54, 1.807) is 0 Å². The van der Waals surface area contributed by atoms with Crippen molar-refractivity contribution in [1.29, 1.82) is 0 Å². The normalized spacial score (nSPS) is 10.2. The van der Waals surface area contributed by atoms with E-state index in [0.29, 0.717) is 25.8 Å². The molecule has 0 spiro atoms. The van der Waals surface area contributed by atoms with Crippen molar-refractivity contribution < 1.29 is 19.2 Å². The number of carboxylic acid groups (broad SMARTS) is 1. The summed E-state index contributed by atoms with van der Waals surface area (Å²) in [5, 5.41) is 22.0. The minimum atomic E-state index is -0.831. The van der Waals surface area contributed by atoms with Crippen molar-refractivity contribution in [2.75, 3.05) is 11.9 Å². The van der Waals surface area contributed by atoms with E-state index in [4.69, 9.17) is 5.11 Å². The lowest BCUT2D eigenvalue weighted by molar-refractivity contribution is -0.384. The SMILES string of the molecule is O=C(O)CCCCCNc1ccc(F)cc1[N+](=O)[O-]. The fourth-order valence-corrected chi connectivity index (χ4v) is 1.61. The lowest BCUT2D eigenvalue weighted by atomic mass is 10.2. The molecule has 0 bridgehead atoms. The molecule has 0 aliphatic carbocycles. The van der Waals surface area contributed by atoms with Crippen LogP contribution in [0.25, 0.3) is 0 Å². The first-order chi connectivity index (χ1) is 9.00. The Hall–Kier alpha value is -2.18. The molecule has 0 radical (unpaired) electrons. The molecule has 0 unspecified atom stereocenters. The van der Waals surface area contributed by atoms with Crippen LogP contribution in [-0.2, 0) is 4.79 Å². The Balaban J connectivity index is 2.41. The Morgan fingerprint density at radius 1 is 1.37 bits per heavy atom. The number of nitro benzene ring substituents is 1.